The summed E-state index contributed by atoms with van der Waals surface area (Å²) in [5.74, 6) is 1.42. The predicted molar refractivity (Wildman–Crippen MR) is 134 cm³/mol. The molecule has 0 bridgehead atoms. The van der Waals surface area contributed by atoms with Crippen LogP contribution in [-0.2, 0) is 6.54 Å². The van der Waals surface area contributed by atoms with Gasteiger partial charge in [-0.3, -0.25) is 4.68 Å². The van der Waals surface area contributed by atoms with E-state index in [1.165, 1.54) is 11.8 Å². The number of pyridine rings is 1. The minimum absolute atomic E-state index is 0.292. The van der Waals surface area contributed by atoms with Crippen LogP contribution in [0.3, 0.4) is 0 Å². The summed E-state index contributed by atoms with van der Waals surface area (Å²) in [6, 6.07) is 4.07. The zero-order valence-corrected chi connectivity index (χ0v) is 20.8. The molecule has 0 aliphatic carbocycles. The second-order valence-corrected chi connectivity index (χ2v) is 9.13. The quantitative estimate of drug-likeness (QED) is 0.530. The first kappa shape index (κ1) is 24.3. The summed E-state index contributed by atoms with van der Waals surface area (Å²) in [5.41, 5.74) is 3.38. The average Bonchev–Trinajstić information content (AvgIpc) is 3.20. The molecule has 0 unspecified atom stereocenters. The third-order valence-corrected chi connectivity index (χ3v) is 6.82. The Kier molecular flexibility index (Phi) is 7.88. The average molecular weight is 466 g/mol. The van der Waals surface area contributed by atoms with Crippen molar-refractivity contribution in [1.82, 2.24) is 29.6 Å². The highest BCUT2D eigenvalue weighted by Gasteiger charge is 2.24. The normalized spacial score (nSPS) is 19.0. The standard InChI is InChI=1S/C24H30FN7.C2H6/c1-16-5-3-4-10-32-23(16)19(14-28-32)22-20(25)15-27-24(30-22)29-21-7-6-18(13-26-21)17-8-11-31(2)12-9-17;1-2/h6-7,13-17H,3-5,8-12H2,1-2H3,(H,26,27,29,30);1-2H3/t16-;/m0./s1. The maximum Gasteiger partial charge on any atom is 0.229 e. The van der Waals surface area contributed by atoms with Gasteiger partial charge in [0.15, 0.2) is 5.82 Å². The van der Waals surface area contributed by atoms with E-state index in [1.54, 1.807) is 6.20 Å². The van der Waals surface area contributed by atoms with Gasteiger partial charge in [0.2, 0.25) is 5.95 Å². The number of anilines is 2. The van der Waals surface area contributed by atoms with Crippen molar-refractivity contribution in [2.24, 2.45) is 0 Å². The fraction of sp³-hybridized carbons (Fsp3) is 0.538. The first-order valence-electron chi connectivity index (χ1n) is 12.6. The van der Waals surface area contributed by atoms with Gasteiger partial charge in [0, 0.05) is 18.3 Å². The molecule has 2 aliphatic rings. The van der Waals surface area contributed by atoms with Crippen molar-refractivity contribution in [2.45, 2.75) is 71.3 Å². The molecule has 3 aromatic rings. The highest BCUT2D eigenvalue weighted by atomic mass is 19.1. The maximum atomic E-state index is 14.7. The van der Waals surface area contributed by atoms with Crippen LogP contribution >= 0.6 is 0 Å². The van der Waals surface area contributed by atoms with Crippen LogP contribution in [0.1, 0.15) is 76.0 Å². The van der Waals surface area contributed by atoms with Crippen LogP contribution in [-0.4, -0.2) is 49.8 Å². The third kappa shape index (κ3) is 5.27. The molecule has 1 fully saturated rings. The van der Waals surface area contributed by atoms with E-state index in [2.05, 4.69) is 50.3 Å². The molecule has 0 radical (unpaired) electrons. The van der Waals surface area contributed by atoms with Crippen molar-refractivity contribution in [3.8, 4) is 11.3 Å². The van der Waals surface area contributed by atoms with Gasteiger partial charge in [-0.1, -0.05) is 33.3 Å². The molecule has 5 rings (SSSR count). The molecule has 1 atom stereocenters. The van der Waals surface area contributed by atoms with Crippen LogP contribution in [0.2, 0.25) is 0 Å². The van der Waals surface area contributed by atoms with Crippen molar-refractivity contribution in [3.05, 3.63) is 47.8 Å². The summed E-state index contributed by atoms with van der Waals surface area (Å²) in [5, 5.41) is 7.65. The first-order valence-corrected chi connectivity index (χ1v) is 12.6. The topological polar surface area (TPSA) is 71.8 Å². The van der Waals surface area contributed by atoms with Gasteiger partial charge in [-0.15, -0.1) is 0 Å². The van der Waals surface area contributed by atoms with Crippen LogP contribution in [0.5, 0.6) is 0 Å². The molecule has 0 spiro atoms. The van der Waals surface area contributed by atoms with Gasteiger partial charge < -0.3 is 10.2 Å². The number of nitrogens with one attached hydrogen (secondary N) is 1. The fourth-order valence-corrected chi connectivity index (χ4v) is 4.92. The largest absolute Gasteiger partial charge is 0.309 e. The molecule has 182 valence electrons. The number of hydrogen-bond acceptors (Lipinski definition) is 6. The Morgan fingerprint density at radius 2 is 1.76 bits per heavy atom. The molecule has 34 heavy (non-hydrogen) atoms. The lowest BCUT2D eigenvalue weighted by Crippen LogP contribution is -2.29. The van der Waals surface area contributed by atoms with Gasteiger partial charge in [0.05, 0.1) is 18.1 Å². The Bertz CT molecular complexity index is 1070. The first-order chi connectivity index (χ1) is 16.6. The van der Waals surface area contributed by atoms with Crippen molar-refractivity contribution in [2.75, 3.05) is 25.5 Å². The monoisotopic (exact) mass is 465 g/mol. The molecule has 0 saturated carbocycles. The van der Waals surface area contributed by atoms with Gasteiger partial charge in [-0.25, -0.2) is 19.3 Å². The number of likely N-dealkylation sites (tertiary alicyclic amines) is 1. The summed E-state index contributed by atoms with van der Waals surface area (Å²) < 4.78 is 16.8. The number of halogens is 1. The number of fused-ring (bicyclic) bond motifs is 1. The van der Waals surface area contributed by atoms with Gasteiger partial charge >= 0.3 is 0 Å². The molecule has 2 aliphatic heterocycles. The van der Waals surface area contributed by atoms with Gasteiger partial charge in [-0.05, 0) is 69.3 Å². The molecule has 3 aromatic heterocycles. The summed E-state index contributed by atoms with van der Waals surface area (Å²) in [6.45, 7) is 9.28. The molecule has 0 amide bonds. The van der Waals surface area contributed by atoms with E-state index < -0.39 is 5.82 Å². The lowest BCUT2D eigenvalue weighted by Gasteiger charge is -2.29. The molecular formula is C26H36FN7. The smallest absolute Gasteiger partial charge is 0.229 e. The van der Waals surface area contributed by atoms with Crippen molar-refractivity contribution in [1.29, 1.82) is 0 Å². The zero-order chi connectivity index (χ0) is 24.1. The van der Waals surface area contributed by atoms with Crippen molar-refractivity contribution in [3.63, 3.8) is 0 Å². The summed E-state index contributed by atoms with van der Waals surface area (Å²) in [7, 11) is 2.17. The Balaban J connectivity index is 0.00000133. The summed E-state index contributed by atoms with van der Waals surface area (Å²) >= 11 is 0. The molecule has 5 heterocycles. The van der Waals surface area contributed by atoms with Crippen molar-refractivity contribution < 1.29 is 4.39 Å². The van der Waals surface area contributed by atoms with Crippen LogP contribution in [0, 0.1) is 5.82 Å². The molecule has 0 aromatic carbocycles. The predicted octanol–water partition coefficient (Wildman–Crippen LogP) is 5.74. The molecular weight excluding hydrogens is 429 g/mol. The van der Waals surface area contributed by atoms with E-state index in [0.29, 0.717) is 29.3 Å². The number of piperidine rings is 1. The Labute approximate surface area is 201 Å². The van der Waals surface area contributed by atoms with Crippen LogP contribution in [0.4, 0.5) is 16.2 Å². The number of aryl methyl sites for hydroxylation is 1. The van der Waals surface area contributed by atoms with Gasteiger partial charge in [0.25, 0.3) is 0 Å². The Morgan fingerprint density at radius 1 is 0.971 bits per heavy atom. The zero-order valence-electron chi connectivity index (χ0n) is 20.8. The highest BCUT2D eigenvalue weighted by molar-refractivity contribution is 5.64. The minimum atomic E-state index is -0.437. The minimum Gasteiger partial charge on any atom is -0.309 e. The molecule has 8 heteroatoms. The van der Waals surface area contributed by atoms with E-state index in [9.17, 15) is 4.39 Å². The van der Waals surface area contributed by atoms with Crippen LogP contribution in [0.25, 0.3) is 11.3 Å². The Morgan fingerprint density at radius 3 is 2.50 bits per heavy atom. The molecule has 1 N–H and O–H groups in total. The lowest BCUT2D eigenvalue weighted by molar-refractivity contribution is 0.255. The SMILES string of the molecule is CC.C[C@H]1CCCCn2ncc(-c3nc(Nc4ccc(C5CCN(C)CC5)cn4)ncc3F)c21. The van der Waals surface area contributed by atoms with E-state index in [4.69, 9.17) is 0 Å². The highest BCUT2D eigenvalue weighted by Crippen LogP contribution is 2.35. The number of hydrogen-bond donors (Lipinski definition) is 1. The maximum absolute atomic E-state index is 14.7. The van der Waals surface area contributed by atoms with E-state index in [0.717, 1.165) is 63.0 Å². The van der Waals surface area contributed by atoms with E-state index in [1.807, 2.05) is 30.8 Å². The second-order valence-electron chi connectivity index (χ2n) is 9.13. The number of rotatable bonds is 4. The second kappa shape index (κ2) is 11.0. The van der Waals surface area contributed by atoms with Gasteiger partial charge in [-0.2, -0.15) is 5.10 Å². The van der Waals surface area contributed by atoms with Crippen LogP contribution in [0.15, 0.2) is 30.7 Å². The van der Waals surface area contributed by atoms with Crippen LogP contribution < -0.4 is 5.32 Å². The fourth-order valence-electron chi connectivity index (χ4n) is 4.92. The molecule has 7 nitrogen and oxygen atoms in total. The number of aromatic nitrogens is 5. The summed E-state index contributed by atoms with van der Waals surface area (Å²) in [6.07, 6.45) is 10.5. The molecule has 1 saturated heterocycles. The number of nitrogens with zero attached hydrogens (tertiary/aromatic N) is 6. The van der Waals surface area contributed by atoms with E-state index in [-0.39, 0.29) is 0 Å². The summed E-state index contributed by atoms with van der Waals surface area (Å²) in [4.78, 5) is 15.6. The lowest BCUT2D eigenvalue weighted by atomic mass is 9.91. The van der Waals surface area contributed by atoms with Crippen molar-refractivity contribution >= 4 is 11.8 Å². The third-order valence-electron chi connectivity index (χ3n) is 6.82. The van der Waals surface area contributed by atoms with Gasteiger partial charge in [0.1, 0.15) is 11.5 Å². The van der Waals surface area contributed by atoms with E-state index >= 15 is 0 Å². The Hall–Kier alpha value is -2.87.